The average Bonchev–Trinajstić information content (AvgIpc) is 2.92. The molecule has 0 atom stereocenters. The van der Waals surface area contributed by atoms with Gasteiger partial charge in [-0.1, -0.05) is 12.1 Å². The van der Waals surface area contributed by atoms with Gasteiger partial charge < -0.3 is 15.6 Å². The standard InChI is InChI=1S/C12H11N5O5/c13-11-10(16-22-17-11)12(20)15-14-5-7-3-1-2-4-8(7)21-6-9(18)19/h1-5H,6H2,(H2,13,17)(H,15,20)(H,18,19)/b14-5-. The SMILES string of the molecule is Nc1nonc1C(=O)N/N=C\c1ccccc1OCC(=O)O. The molecule has 10 heteroatoms. The molecule has 10 nitrogen and oxygen atoms in total. The normalized spacial score (nSPS) is 10.5. The van der Waals surface area contributed by atoms with Gasteiger partial charge >= 0.3 is 5.97 Å². The minimum atomic E-state index is -1.10. The van der Waals surface area contributed by atoms with Crippen LogP contribution in [-0.4, -0.2) is 40.1 Å². The number of ether oxygens (including phenoxy) is 1. The molecule has 0 spiro atoms. The maximum atomic E-state index is 11.6. The quantitative estimate of drug-likeness (QED) is 0.493. The number of aliphatic carboxylic acids is 1. The van der Waals surface area contributed by atoms with E-state index in [1.165, 1.54) is 6.21 Å². The number of amides is 1. The van der Waals surface area contributed by atoms with Crippen LogP contribution >= 0.6 is 0 Å². The van der Waals surface area contributed by atoms with E-state index in [0.717, 1.165) is 0 Å². The van der Waals surface area contributed by atoms with Crippen molar-refractivity contribution in [1.29, 1.82) is 0 Å². The van der Waals surface area contributed by atoms with E-state index < -0.39 is 18.5 Å². The summed E-state index contributed by atoms with van der Waals surface area (Å²) in [5.41, 5.74) is 7.84. The minimum absolute atomic E-state index is 0.155. The van der Waals surface area contributed by atoms with E-state index in [9.17, 15) is 9.59 Å². The zero-order chi connectivity index (χ0) is 15.9. The van der Waals surface area contributed by atoms with Crippen LogP contribution in [-0.2, 0) is 4.79 Å². The van der Waals surface area contributed by atoms with Gasteiger partial charge in [-0.25, -0.2) is 14.8 Å². The molecule has 0 fully saturated rings. The Kier molecular flexibility index (Phi) is 4.65. The highest BCUT2D eigenvalue weighted by Crippen LogP contribution is 2.15. The minimum Gasteiger partial charge on any atom is -0.481 e. The number of nitrogen functional groups attached to an aromatic ring is 1. The molecule has 0 bridgehead atoms. The predicted octanol–water partition coefficient (Wildman–Crippen LogP) is -0.121. The predicted molar refractivity (Wildman–Crippen MR) is 73.3 cm³/mol. The highest BCUT2D eigenvalue weighted by molar-refractivity contribution is 5.96. The Balaban J connectivity index is 2.02. The van der Waals surface area contributed by atoms with Crippen molar-refractivity contribution >= 4 is 23.9 Å². The van der Waals surface area contributed by atoms with E-state index >= 15 is 0 Å². The molecule has 1 amide bonds. The first kappa shape index (κ1) is 15.0. The number of aromatic nitrogens is 2. The third kappa shape index (κ3) is 3.79. The molecule has 0 saturated heterocycles. The summed E-state index contributed by atoms with van der Waals surface area (Å²) in [6.45, 7) is -0.488. The Bertz CT molecular complexity index is 711. The summed E-state index contributed by atoms with van der Waals surface area (Å²) in [5.74, 6) is -1.64. The Hall–Kier alpha value is -3.43. The van der Waals surface area contributed by atoms with Crippen LogP contribution in [0.4, 0.5) is 5.82 Å². The smallest absolute Gasteiger partial charge is 0.341 e. The van der Waals surface area contributed by atoms with Gasteiger partial charge in [0.05, 0.1) is 6.21 Å². The number of hydrogen-bond donors (Lipinski definition) is 3. The lowest BCUT2D eigenvalue weighted by Crippen LogP contribution is -2.19. The number of carboxylic acid groups (broad SMARTS) is 1. The van der Waals surface area contributed by atoms with Gasteiger partial charge in [0.15, 0.2) is 6.61 Å². The Morgan fingerprint density at radius 3 is 2.86 bits per heavy atom. The van der Waals surface area contributed by atoms with Crippen molar-refractivity contribution in [2.75, 3.05) is 12.3 Å². The number of hydrazone groups is 1. The van der Waals surface area contributed by atoms with Crippen molar-refractivity contribution in [3.05, 3.63) is 35.5 Å². The fraction of sp³-hybridized carbons (Fsp3) is 0.0833. The molecule has 1 aromatic heterocycles. The molecular weight excluding hydrogens is 294 g/mol. The first-order chi connectivity index (χ1) is 10.6. The van der Waals surface area contributed by atoms with E-state index in [-0.39, 0.29) is 11.5 Å². The number of rotatable bonds is 6. The zero-order valence-electron chi connectivity index (χ0n) is 11.1. The van der Waals surface area contributed by atoms with Crippen molar-refractivity contribution in [2.45, 2.75) is 0 Å². The number of para-hydroxylation sites is 1. The molecule has 1 heterocycles. The van der Waals surface area contributed by atoms with Gasteiger partial charge in [-0.3, -0.25) is 4.79 Å². The summed E-state index contributed by atoms with van der Waals surface area (Å²) >= 11 is 0. The molecule has 4 N–H and O–H groups in total. The van der Waals surface area contributed by atoms with Crippen LogP contribution in [0.5, 0.6) is 5.75 Å². The summed E-state index contributed by atoms with van der Waals surface area (Å²) in [4.78, 5) is 22.1. The molecule has 0 saturated carbocycles. The molecule has 22 heavy (non-hydrogen) atoms. The first-order valence-corrected chi connectivity index (χ1v) is 5.93. The van der Waals surface area contributed by atoms with Crippen LogP contribution in [0.2, 0.25) is 0 Å². The number of anilines is 1. The molecule has 0 aliphatic heterocycles. The number of nitrogens with two attached hydrogens (primary N) is 1. The Morgan fingerprint density at radius 2 is 2.18 bits per heavy atom. The summed E-state index contributed by atoms with van der Waals surface area (Å²) in [6, 6.07) is 6.59. The van der Waals surface area contributed by atoms with Crippen molar-refractivity contribution < 1.29 is 24.1 Å². The van der Waals surface area contributed by atoms with Gasteiger partial charge in [-0.15, -0.1) is 0 Å². The molecule has 2 rings (SSSR count). The van der Waals surface area contributed by atoms with Gasteiger partial charge in [0.2, 0.25) is 11.5 Å². The maximum absolute atomic E-state index is 11.6. The molecule has 2 aromatic rings. The number of hydrogen-bond acceptors (Lipinski definition) is 8. The number of carbonyl (C=O) groups excluding carboxylic acids is 1. The summed E-state index contributed by atoms with van der Waals surface area (Å²) in [7, 11) is 0. The molecule has 1 aromatic carbocycles. The van der Waals surface area contributed by atoms with E-state index in [1.54, 1.807) is 24.3 Å². The second kappa shape index (κ2) is 6.83. The highest BCUT2D eigenvalue weighted by atomic mass is 16.6. The number of carboxylic acids is 1. The summed E-state index contributed by atoms with van der Waals surface area (Å²) in [6.07, 6.45) is 1.29. The molecule has 0 radical (unpaired) electrons. The third-order valence-corrected chi connectivity index (χ3v) is 2.37. The third-order valence-electron chi connectivity index (χ3n) is 2.37. The van der Waals surface area contributed by atoms with E-state index in [4.69, 9.17) is 15.6 Å². The van der Waals surface area contributed by atoms with Gasteiger partial charge in [0, 0.05) is 5.56 Å². The average molecular weight is 305 g/mol. The number of nitrogens with zero attached hydrogens (tertiary/aromatic N) is 3. The van der Waals surface area contributed by atoms with Crippen molar-refractivity contribution in [3.63, 3.8) is 0 Å². The van der Waals surface area contributed by atoms with Gasteiger partial charge in [0.1, 0.15) is 5.75 Å². The van der Waals surface area contributed by atoms with Crippen molar-refractivity contribution in [1.82, 2.24) is 15.7 Å². The van der Waals surface area contributed by atoms with Crippen molar-refractivity contribution in [3.8, 4) is 5.75 Å². The monoisotopic (exact) mass is 305 g/mol. The van der Waals surface area contributed by atoms with E-state index in [0.29, 0.717) is 11.3 Å². The van der Waals surface area contributed by atoms with E-state index in [1.807, 2.05) is 0 Å². The van der Waals surface area contributed by atoms with Crippen LogP contribution in [0.3, 0.4) is 0 Å². The van der Waals surface area contributed by atoms with Gasteiger partial charge in [-0.05, 0) is 22.4 Å². The molecule has 114 valence electrons. The lowest BCUT2D eigenvalue weighted by Gasteiger charge is -2.05. The first-order valence-electron chi connectivity index (χ1n) is 5.93. The maximum Gasteiger partial charge on any atom is 0.341 e. The molecular formula is C12H11N5O5. The lowest BCUT2D eigenvalue weighted by molar-refractivity contribution is -0.139. The number of carbonyl (C=O) groups is 2. The Labute approximate surface area is 123 Å². The molecule has 0 unspecified atom stereocenters. The van der Waals surface area contributed by atoms with Crippen LogP contribution < -0.4 is 15.9 Å². The molecule has 0 aliphatic rings. The number of nitrogens with one attached hydrogen (secondary N) is 1. The topological polar surface area (TPSA) is 153 Å². The van der Waals surface area contributed by atoms with Crippen molar-refractivity contribution in [2.24, 2.45) is 5.10 Å². The number of benzene rings is 1. The van der Waals surface area contributed by atoms with E-state index in [2.05, 4.69) is 25.5 Å². The second-order valence-corrected chi connectivity index (χ2v) is 3.92. The lowest BCUT2D eigenvalue weighted by atomic mass is 10.2. The van der Waals surface area contributed by atoms with Crippen LogP contribution in [0.1, 0.15) is 16.1 Å². The Morgan fingerprint density at radius 1 is 1.41 bits per heavy atom. The fourth-order valence-corrected chi connectivity index (χ4v) is 1.42. The fourth-order valence-electron chi connectivity index (χ4n) is 1.42. The van der Waals surface area contributed by atoms with Crippen LogP contribution in [0.15, 0.2) is 34.0 Å². The summed E-state index contributed by atoms with van der Waals surface area (Å²) in [5, 5.41) is 18.9. The summed E-state index contributed by atoms with van der Waals surface area (Å²) < 4.78 is 9.38. The zero-order valence-corrected chi connectivity index (χ0v) is 11.1. The molecule has 0 aliphatic carbocycles. The van der Waals surface area contributed by atoms with Crippen LogP contribution in [0.25, 0.3) is 0 Å². The highest BCUT2D eigenvalue weighted by Gasteiger charge is 2.14. The van der Waals surface area contributed by atoms with Gasteiger partial charge in [-0.2, -0.15) is 5.10 Å². The largest absolute Gasteiger partial charge is 0.481 e. The van der Waals surface area contributed by atoms with Gasteiger partial charge in [0.25, 0.3) is 5.91 Å². The van der Waals surface area contributed by atoms with Crippen LogP contribution in [0, 0.1) is 0 Å². The second-order valence-electron chi connectivity index (χ2n) is 3.92.